The van der Waals surface area contributed by atoms with E-state index in [2.05, 4.69) is 15.2 Å². The third-order valence-corrected chi connectivity index (χ3v) is 5.28. The van der Waals surface area contributed by atoms with Crippen molar-refractivity contribution in [2.45, 2.75) is 51.5 Å². The van der Waals surface area contributed by atoms with Gasteiger partial charge in [0.15, 0.2) is 0 Å². The highest BCUT2D eigenvalue weighted by Crippen LogP contribution is 2.27. The molecule has 1 atom stereocenters. The number of hydrogen-bond donors (Lipinski definition) is 1. The zero-order chi connectivity index (χ0) is 15.5. The number of carbonyl (C=O) groups excluding carboxylic acids is 1. The summed E-state index contributed by atoms with van der Waals surface area (Å²) in [5.41, 5.74) is 1.49. The van der Waals surface area contributed by atoms with Crippen molar-refractivity contribution in [1.29, 1.82) is 0 Å². The Morgan fingerprint density at radius 1 is 1.32 bits per heavy atom. The van der Waals surface area contributed by atoms with E-state index in [1.54, 1.807) is 10.9 Å². The number of likely N-dealkylation sites (tertiary alicyclic amines) is 1. The molecule has 5 heteroatoms. The zero-order valence-electron chi connectivity index (χ0n) is 13.8. The Morgan fingerprint density at radius 2 is 2.09 bits per heavy atom. The minimum atomic E-state index is 0.00971. The van der Waals surface area contributed by atoms with Crippen LogP contribution in [0.1, 0.15) is 54.7 Å². The fourth-order valence-electron chi connectivity index (χ4n) is 4.06. The van der Waals surface area contributed by atoms with E-state index in [0.29, 0.717) is 11.6 Å². The fraction of sp³-hybridized carbons (Fsp3) is 0.765. The van der Waals surface area contributed by atoms with Gasteiger partial charge in [0.1, 0.15) is 5.69 Å². The molecular weight excluding hydrogens is 276 g/mol. The molecule has 5 nitrogen and oxygen atoms in total. The minimum absolute atomic E-state index is 0.00971. The first-order valence-corrected chi connectivity index (χ1v) is 8.65. The molecular formula is C17H28N4O. The van der Waals surface area contributed by atoms with Crippen LogP contribution in [0, 0.1) is 12.8 Å². The highest BCUT2D eigenvalue weighted by molar-refractivity contribution is 5.93. The van der Waals surface area contributed by atoms with Gasteiger partial charge >= 0.3 is 0 Å². The maximum absolute atomic E-state index is 12.3. The van der Waals surface area contributed by atoms with Gasteiger partial charge in [0.25, 0.3) is 5.91 Å². The van der Waals surface area contributed by atoms with E-state index >= 15 is 0 Å². The number of hydrogen-bond acceptors (Lipinski definition) is 3. The zero-order valence-corrected chi connectivity index (χ0v) is 13.8. The van der Waals surface area contributed by atoms with E-state index in [1.807, 2.05) is 14.0 Å². The molecule has 2 heterocycles. The Labute approximate surface area is 133 Å². The second-order valence-electron chi connectivity index (χ2n) is 6.94. The van der Waals surface area contributed by atoms with Crippen LogP contribution in [0.3, 0.4) is 0 Å². The van der Waals surface area contributed by atoms with E-state index in [-0.39, 0.29) is 5.91 Å². The van der Waals surface area contributed by atoms with Crippen LogP contribution in [0.2, 0.25) is 0 Å². The molecule has 2 aliphatic rings. The van der Waals surface area contributed by atoms with Gasteiger partial charge in [-0.1, -0.05) is 12.8 Å². The summed E-state index contributed by atoms with van der Waals surface area (Å²) < 4.78 is 1.80. The number of carbonyl (C=O) groups is 1. The van der Waals surface area contributed by atoms with Crippen LogP contribution in [0.4, 0.5) is 0 Å². The lowest BCUT2D eigenvalue weighted by atomic mass is 9.96. The van der Waals surface area contributed by atoms with Crippen LogP contribution >= 0.6 is 0 Å². The van der Waals surface area contributed by atoms with Gasteiger partial charge in [0.05, 0.1) is 12.0 Å². The predicted octanol–water partition coefficient (Wildman–Crippen LogP) is 2.11. The molecule has 1 saturated heterocycles. The van der Waals surface area contributed by atoms with Gasteiger partial charge < -0.3 is 14.8 Å². The predicted molar refractivity (Wildman–Crippen MR) is 86.8 cm³/mol. The first-order chi connectivity index (χ1) is 10.6. The van der Waals surface area contributed by atoms with Crippen LogP contribution in [-0.2, 0) is 7.05 Å². The average molecular weight is 304 g/mol. The summed E-state index contributed by atoms with van der Waals surface area (Å²) >= 11 is 0. The Balaban J connectivity index is 1.51. The second kappa shape index (κ2) is 6.82. The summed E-state index contributed by atoms with van der Waals surface area (Å²) in [6.07, 6.45) is 9.72. The number of nitrogens with one attached hydrogen (secondary N) is 1. The summed E-state index contributed by atoms with van der Waals surface area (Å²) in [5.74, 6) is 0.599. The Morgan fingerprint density at radius 3 is 2.77 bits per heavy atom. The Kier molecular flexibility index (Phi) is 4.81. The lowest BCUT2D eigenvalue weighted by Crippen LogP contribution is -2.45. The molecule has 1 aliphatic carbocycles. The highest BCUT2D eigenvalue weighted by atomic mass is 16.2. The first kappa shape index (κ1) is 15.5. The summed E-state index contributed by atoms with van der Waals surface area (Å²) in [6.45, 7) is 5.06. The number of aromatic nitrogens is 2. The normalized spacial score (nSPS) is 23.8. The van der Waals surface area contributed by atoms with E-state index in [4.69, 9.17) is 0 Å². The Hall–Kier alpha value is -1.36. The molecule has 3 rings (SSSR count). The van der Waals surface area contributed by atoms with Crippen LogP contribution in [0.5, 0.6) is 0 Å². The molecule has 1 saturated carbocycles. The monoisotopic (exact) mass is 304 g/mol. The van der Waals surface area contributed by atoms with Crippen molar-refractivity contribution >= 4 is 5.91 Å². The fourth-order valence-corrected chi connectivity index (χ4v) is 4.06. The quantitative estimate of drug-likeness (QED) is 0.927. The van der Waals surface area contributed by atoms with E-state index in [0.717, 1.165) is 24.8 Å². The molecule has 1 aromatic rings. The second-order valence-corrected chi connectivity index (χ2v) is 6.94. The number of imidazole rings is 1. The van der Waals surface area contributed by atoms with Crippen LogP contribution in [0.15, 0.2) is 6.33 Å². The number of nitrogens with zero attached hydrogens (tertiary/aromatic N) is 3. The first-order valence-electron chi connectivity index (χ1n) is 8.65. The minimum Gasteiger partial charge on any atom is -0.350 e. The van der Waals surface area contributed by atoms with E-state index in [1.165, 1.54) is 45.1 Å². The van der Waals surface area contributed by atoms with Crippen molar-refractivity contribution in [1.82, 2.24) is 19.8 Å². The van der Waals surface area contributed by atoms with Crippen LogP contribution in [-0.4, -0.2) is 46.0 Å². The van der Waals surface area contributed by atoms with Gasteiger partial charge in [-0.05, 0) is 45.1 Å². The van der Waals surface area contributed by atoms with Gasteiger partial charge in [-0.3, -0.25) is 4.79 Å². The molecule has 1 amide bonds. The van der Waals surface area contributed by atoms with Gasteiger partial charge in [-0.25, -0.2) is 4.98 Å². The molecule has 0 bridgehead atoms. The molecule has 2 fully saturated rings. The van der Waals surface area contributed by atoms with Crippen molar-refractivity contribution in [3.8, 4) is 0 Å². The number of rotatable bonds is 4. The summed E-state index contributed by atoms with van der Waals surface area (Å²) in [4.78, 5) is 19.2. The smallest absolute Gasteiger partial charge is 0.269 e. The summed E-state index contributed by atoms with van der Waals surface area (Å²) in [7, 11) is 1.87. The molecule has 1 unspecified atom stereocenters. The average Bonchev–Trinajstić information content (AvgIpc) is 3.16. The number of amides is 1. The third kappa shape index (κ3) is 3.35. The standard InChI is InChI=1S/C17H28N4O/c1-13-16(20(2)12-19-13)17(22)18-10-14-6-5-9-21(11-14)15-7-3-4-8-15/h12,14-15H,3-11H2,1-2H3,(H,18,22). The van der Waals surface area contributed by atoms with Crippen LogP contribution < -0.4 is 5.32 Å². The molecule has 22 heavy (non-hydrogen) atoms. The lowest BCUT2D eigenvalue weighted by Gasteiger charge is -2.36. The van der Waals surface area contributed by atoms with Crippen molar-refractivity contribution in [3.63, 3.8) is 0 Å². The van der Waals surface area contributed by atoms with E-state index < -0.39 is 0 Å². The summed E-state index contributed by atoms with van der Waals surface area (Å²) in [6, 6.07) is 0.804. The maximum atomic E-state index is 12.3. The van der Waals surface area contributed by atoms with Crippen molar-refractivity contribution in [2.24, 2.45) is 13.0 Å². The van der Waals surface area contributed by atoms with Gasteiger partial charge in [-0.15, -0.1) is 0 Å². The van der Waals surface area contributed by atoms with E-state index in [9.17, 15) is 4.79 Å². The number of aryl methyl sites for hydroxylation is 2. The molecule has 1 N–H and O–H groups in total. The van der Waals surface area contributed by atoms with Crippen molar-refractivity contribution in [3.05, 3.63) is 17.7 Å². The lowest BCUT2D eigenvalue weighted by molar-refractivity contribution is 0.0905. The van der Waals surface area contributed by atoms with Gasteiger partial charge in [-0.2, -0.15) is 0 Å². The highest BCUT2D eigenvalue weighted by Gasteiger charge is 2.28. The van der Waals surface area contributed by atoms with Gasteiger partial charge in [0.2, 0.25) is 0 Å². The third-order valence-electron chi connectivity index (χ3n) is 5.28. The van der Waals surface area contributed by atoms with Crippen LogP contribution in [0.25, 0.3) is 0 Å². The topological polar surface area (TPSA) is 50.2 Å². The Bertz CT molecular complexity index is 499. The molecule has 122 valence electrons. The SMILES string of the molecule is Cc1ncn(C)c1C(=O)NCC1CCCN(C2CCCC2)C1. The van der Waals surface area contributed by atoms with Gasteiger partial charge in [0, 0.05) is 26.2 Å². The molecule has 0 radical (unpaired) electrons. The van der Waals surface area contributed by atoms with Crippen molar-refractivity contribution in [2.75, 3.05) is 19.6 Å². The maximum Gasteiger partial charge on any atom is 0.269 e. The molecule has 0 spiro atoms. The summed E-state index contributed by atoms with van der Waals surface area (Å²) in [5, 5.41) is 3.12. The number of piperidine rings is 1. The largest absolute Gasteiger partial charge is 0.350 e. The molecule has 1 aromatic heterocycles. The molecule has 0 aromatic carbocycles. The molecule has 1 aliphatic heterocycles. The van der Waals surface area contributed by atoms with Crippen molar-refractivity contribution < 1.29 is 4.79 Å².